The van der Waals surface area contributed by atoms with Crippen molar-refractivity contribution in [1.82, 2.24) is 24.3 Å². The molecule has 0 spiro atoms. The lowest BCUT2D eigenvalue weighted by Gasteiger charge is -2.16. The second-order valence-electron chi connectivity index (χ2n) is 9.78. The standard InChI is InChI=1S/C26H34N6O2Si/c1-6-23(33)19-9-8-10-20(15-19)24-22-11-12-31(18-34-13-14-35(3,4)5)25(22)30-26(29-24)28-21-16-27-32(7-2)17-21/h6,8-12,15-17,23,33H,1,7,13-14,18H2,2-5H3,(H,28,29,30). The van der Waals surface area contributed by atoms with Crippen LogP contribution in [0, 0.1) is 0 Å². The highest BCUT2D eigenvalue weighted by Crippen LogP contribution is 2.31. The maximum absolute atomic E-state index is 10.3. The molecule has 0 saturated heterocycles. The molecule has 0 aliphatic rings. The third-order valence-corrected chi connectivity index (χ3v) is 7.49. The molecule has 0 aliphatic carbocycles. The van der Waals surface area contributed by atoms with Gasteiger partial charge < -0.3 is 19.7 Å². The molecule has 1 atom stereocenters. The number of aliphatic hydroxyl groups is 1. The third kappa shape index (κ3) is 6.05. The van der Waals surface area contributed by atoms with E-state index in [0.29, 0.717) is 12.7 Å². The Bertz CT molecular complexity index is 1310. The molecule has 0 saturated carbocycles. The van der Waals surface area contributed by atoms with Crippen molar-refractivity contribution in [2.45, 2.75) is 52.0 Å². The summed E-state index contributed by atoms with van der Waals surface area (Å²) in [5.74, 6) is 0.472. The molecule has 2 N–H and O–H groups in total. The van der Waals surface area contributed by atoms with Gasteiger partial charge >= 0.3 is 0 Å². The molecule has 4 aromatic rings. The highest BCUT2D eigenvalue weighted by molar-refractivity contribution is 6.76. The number of rotatable bonds is 11. The maximum atomic E-state index is 10.3. The Labute approximate surface area is 207 Å². The van der Waals surface area contributed by atoms with Gasteiger partial charge in [0, 0.05) is 44.6 Å². The van der Waals surface area contributed by atoms with Crippen LogP contribution in [0.25, 0.3) is 22.3 Å². The average Bonchev–Trinajstić information content (AvgIpc) is 3.47. The van der Waals surface area contributed by atoms with Gasteiger partial charge in [0.15, 0.2) is 0 Å². The van der Waals surface area contributed by atoms with Crippen molar-refractivity contribution in [1.29, 1.82) is 0 Å². The summed E-state index contributed by atoms with van der Waals surface area (Å²) in [7, 11) is -1.16. The van der Waals surface area contributed by atoms with Crippen molar-refractivity contribution in [3.8, 4) is 11.3 Å². The number of aromatic nitrogens is 5. The smallest absolute Gasteiger partial charge is 0.229 e. The predicted octanol–water partition coefficient (Wildman–Crippen LogP) is 5.59. The first-order chi connectivity index (χ1) is 16.8. The summed E-state index contributed by atoms with van der Waals surface area (Å²) in [6.45, 7) is 14.7. The number of fused-ring (bicyclic) bond motifs is 1. The van der Waals surface area contributed by atoms with Crippen LogP contribution in [0.5, 0.6) is 0 Å². The molecule has 0 fully saturated rings. The van der Waals surface area contributed by atoms with Crippen LogP contribution in [0.4, 0.5) is 11.6 Å². The lowest BCUT2D eigenvalue weighted by atomic mass is 10.0. The number of nitrogens with one attached hydrogen (secondary N) is 1. The van der Waals surface area contributed by atoms with Crippen molar-refractivity contribution >= 4 is 30.7 Å². The summed E-state index contributed by atoms with van der Waals surface area (Å²) in [6, 6.07) is 10.8. The fourth-order valence-electron chi connectivity index (χ4n) is 3.72. The van der Waals surface area contributed by atoms with Gasteiger partial charge in [-0.1, -0.05) is 43.9 Å². The van der Waals surface area contributed by atoms with E-state index in [1.54, 1.807) is 6.20 Å². The molecule has 3 heterocycles. The molecule has 0 amide bonds. The Morgan fingerprint density at radius 2 is 2.06 bits per heavy atom. The molecule has 9 heteroatoms. The van der Waals surface area contributed by atoms with Gasteiger partial charge in [0.05, 0.1) is 23.7 Å². The minimum absolute atomic E-state index is 0.423. The molecule has 3 aromatic heterocycles. The van der Waals surface area contributed by atoms with Gasteiger partial charge in [0.25, 0.3) is 0 Å². The quantitative estimate of drug-likeness (QED) is 0.162. The Morgan fingerprint density at radius 3 is 2.77 bits per heavy atom. The minimum atomic E-state index is -1.16. The second-order valence-corrected chi connectivity index (χ2v) is 15.4. The summed E-state index contributed by atoms with van der Waals surface area (Å²) >= 11 is 0. The maximum Gasteiger partial charge on any atom is 0.229 e. The summed E-state index contributed by atoms with van der Waals surface area (Å²) in [6.07, 6.45) is 6.44. The summed E-state index contributed by atoms with van der Waals surface area (Å²) in [5, 5.41) is 18.8. The first-order valence-corrected chi connectivity index (χ1v) is 15.6. The van der Waals surface area contributed by atoms with E-state index in [1.165, 1.54) is 6.08 Å². The Hall–Kier alpha value is -3.27. The Balaban J connectivity index is 1.72. The van der Waals surface area contributed by atoms with E-state index in [2.05, 4.69) is 36.6 Å². The van der Waals surface area contributed by atoms with Crippen molar-refractivity contribution in [2.24, 2.45) is 0 Å². The number of hydrogen-bond donors (Lipinski definition) is 2. The molecule has 0 aliphatic heterocycles. The molecule has 184 valence electrons. The van der Waals surface area contributed by atoms with Gasteiger partial charge in [-0.3, -0.25) is 4.68 Å². The van der Waals surface area contributed by atoms with Crippen LogP contribution in [0.15, 0.2) is 61.6 Å². The predicted molar refractivity (Wildman–Crippen MR) is 143 cm³/mol. The molecule has 4 rings (SSSR count). The van der Waals surface area contributed by atoms with Gasteiger partial charge in [0.2, 0.25) is 5.95 Å². The topological polar surface area (TPSA) is 90.0 Å². The third-order valence-electron chi connectivity index (χ3n) is 5.78. The number of aliphatic hydroxyl groups excluding tert-OH is 1. The number of hydrogen-bond acceptors (Lipinski definition) is 6. The van der Waals surface area contributed by atoms with Crippen molar-refractivity contribution < 1.29 is 9.84 Å². The van der Waals surface area contributed by atoms with Crippen LogP contribution in [-0.4, -0.2) is 44.1 Å². The molecule has 1 aromatic carbocycles. The summed E-state index contributed by atoms with van der Waals surface area (Å²) in [4.78, 5) is 9.67. The first-order valence-electron chi connectivity index (χ1n) is 11.9. The van der Waals surface area contributed by atoms with Gasteiger partial charge in [0.1, 0.15) is 12.4 Å². The van der Waals surface area contributed by atoms with Crippen LogP contribution < -0.4 is 5.32 Å². The van der Waals surface area contributed by atoms with E-state index in [9.17, 15) is 5.11 Å². The molecule has 1 unspecified atom stereocenters. The summed E-state index contributed by atoms with van der Waals surface area (Å²) < 4.78 is 9.86. The minimum Gasteiger partial charge on any atom is -0.384 e. The van der Waals surface area contributed by atoms with E-state index in [1.807, 2.05) is 58.9 Å². The zero-order valence-corrected chi connectivity index (χ0v) is 21.9. The molecular weight excluding hydrogens is 456 g/mol. The lowest BCUT2D eigenvalue weighted by Crippen LogP contribution is -2.22. The van der Waals surface area contributed by atoms with E-state index in [0.717, 1.165) is 52.7 Å². The van der Waals surface area contributed by atoms with Gasteiger partial charge in [-0.2, -0.15) is 10.1 Å². The monoisotopic (exact) mass is 490 g/mol. The number of anilines is 2. The highest BCUT2D eigenvalue weighted by atomic mass is 28.3. The normalized spacial score (nSPS) is 12.7. The van der Waals surface area contributed by atoms with E-state index >= 15 is 0 Å². The van der Waals surface area contributed by atoms with Crippen LogP contribution in [0.2, 0.25) is 25.7 Å². The van der Waals surface area contributed by atoms with E-state index in [-0.39, 0.29) is 0 Å². The highest BCUT2D eigenvalue weighted by Gasteiger charge is 2.16. The van der Waals surface area contributed by atoms with Gasteiger partial charge in [-0.05, 0) is 30.7 Å². The number of nitrogens with zero attached hydrogens (tertiary/aromatic N) is 5. The number of ether oxygens (including phenoxy) is 1. The van der Waals surface area contributed by atoms with Crippen molar-refractivity contribution in [3.05, 3.63) is 67.1 Å². The molecule has 0 bridgehead atoms. The second kappa shape index (κ2) is 10.6. The molecular formula is C26H34N6O2Si. The van der Waals surface area contributed by atoms with Crippen LogP contribution in [0.3, 0.4) is 0 Å². The first kappa shape index (κ1) is 24.8. The Kier molecular flexibility index (Phi) is 7.49. The van der Waals surface area contributed by atoms with E-state index in [4.69, 9.17) is 14.7 Å². The fourth-order valence-corrected chi connectivity index (χ4v) is 4.48. The van der Waals surface area contributed by atoms with Gasteiger partial charge in [-0.15, -0.1) is 6.58 Å². The largest absolute Gasteiger partial charge is 0.384 e. The van der Waals surface area contributed by atoms with Gasteiger partial charge in [-0.25, -0.2) is 4.98 Å². The van der Waals surface area contributed by atoms with Crippen LogP contribution in [0.1, 0.15) is 18.6 Å². The van der Waals surface area contributed by atoms with Crippen LogP contribution >= 0.6 is 0 Å². The fraction of sp³-hybridized carbons (Fsp3) is 0.346. The average molecular weight is 491 g/mol. The molecule has 35 heavy (non-hydrogen) atoms. The zero-order valence-electron chi connectivity index (χ0n) is 20.9. The Morgan fingerprint density at radius 1 is 1.23 bits per heavy atom. The van der Waals surface area contributed by atoms with Crippen molar-refractivity contribution in [3.63, 3.8) is 0 Å². The lowest BCUT2D eigenvalue weighted by molar-refractivity contribution is 0.0899. The van der Waals surface area contributed by atoms with E-state index < -0.39 is 14.2 Å². The SMILES string of the molecule is C=CC(O)c1cccc(-c2nc(Nc3cnn(CC)c3)nc3c2ccn3COCC[Si](C)(C)C)c1. The number of benzene rings is 1. The summed E-state index contributed by atoms with van der Waals surface area (Å²) in [5.41, 5.74) is 4.03. The molecule has 8 nitrogen and oxygen atoms in total. The van der Waals surface area contributed by atoms with Crippen molar-refractivity contribution in [2.75, 3.05) is 11.9 Å². The zero-order chi connectivity index (χ0) is 25.0. The number of aryl methyl sites for hydroxylation is 1. The van der Waals surface area contributed by atoms with Crippen LogP contribution in [-0.2, 0) is 18.0 Å². The molecule has 0 radical (unpaired) electrons.